The van der Waals surface area contributed by atoms with E-state index in [2.05, 4.69) is 15.4 Å². The van der Waals surface area contributed by atoms with Crippen LogP contribution in [-0.2, 0) is 6.54 Å². The Hall–Kier alpha value is -2.96. The van der Waals surface area contributed by atoms with Crippen LogP contribution in [0.5, 0.6) is 0 Å². The molecule has 0 aliphatic rings. The van der Waals surface area contributed by atoms with Crippen molar-refractivity contribution in [2.45, 2.75) is 6.54 Å². The van der Waals surface area contributed by atoms with Gasteiger partial charge in [-0.05, 0) is 53.7 Å². The number of aromatic nitrogens is 4. The monoisotopic (exact) mass is 300 g/mol. The molecule has 1 heterocycles. The molecule has 7 heteroatoms. The molecule has 22 heavy (non-hydrogen) atoms. The standard InChI is InChI=1S/C15H10F2N4O/c16-12-5-1-10(2-6-12)14(22)9-21-19-15(18-20-21)11-3-7-13(17)8-4-11/h1-8H,9H2. The topological polar surface area (TPSA) is 60.7 Å². The van der Waals surface area contributed by atoms with Gasteiger partial charge in [-0.25, -0.2) is 8.78 Å². The Morgan fingerprint density at radius 1 is 0.955 bits per heavy atom. The average molecular weight is 300 g/mol. The lowest BCUT2D eigenvalue weighted by atomic mass is 10.1. The van der Waals surface area contributed by atoms with Crippen molar-refractivity contribution in [2.24, 2.45) is 0 Å². The van der Waals surface area contributed by atoms with Gasteiger partial charge in [0.1, 0.15) is 18.2 Å². The van der Waals surface area contributed by atoms with E-state index in [9.17, 15) is 13.6 Å². The minimum Gasteiger partial charge on any atom is -0.292 e. The highest BCUT2D eigenvalue weighted by atomic mass is 19.1. The van der Waals surface area contributed by atoms with Gasteiger partial charge in [-0.3, -0.25) is 4.79 Å². The number of tetrazole rings is 1. The largest absolute Gasteiger partial charge is 0.292 e. The minimum absolute atomic E-state index is 0.111. The molecule has 0 N–H and O–H groups in total. The molecular weight excluding hydrogens is 290 g/mol. The second-order valence-corrected chi connectivity index (χ2v) is 4.58. The Balaban J connectivity index is 1.75. The maximum absolute atomic E-state index is 12.9. The Bertz CT molecular complexity index is 797. The van der Waals surface area contributed by atoms with Crippen LogP contribution < -0.4 is 0 Å². The quantitative estimate of drug-likeness (QED) is 0.695. The Kier molecular flexibility index (Phi) is 3.69. The molecule has 1 aromatic heterocycles. The summed E-state index contributed by atoms with van der Waals surface area (Å²) in [5.41, 5.74) is 0.962. The lowest BCUT2D eigenvalue weighted by Gasteiger charge is -1.99. The number of hydrogen-bond acceptors (Lipinski definition) is 4. The van der Waals surface area contributed by atoms with Crippen molar-refractivity contribution < 1.29 is 13.6 Å². The highest BCUT2D eigenvalue weighted by molar-refractivity contribution is 5.95. The molecule has 0 atom stereocenters. The van der Waals surface area contributed by atoms with Gasteiger partial charge >= 0.3 is 0 Å². The fraction of sp³-hybridized carbons (Fsp3) is 0.0667. The molecule has 0 aliphatic heterocycles. The van der Waals surface area contributed by atoms with Gasteiger partial charge in [-0.15, -0.1) is 10.2 Å². The third kappa shape index (κ3) is 3.03. The number of ketones is 1. The van der Waals surface area contributed by atoms with Gasteiger partial charge in [0.25, 0.3) is 0 Å². The first-order chi connectivity index (χ1) is 10.6. The lowest BCUT2D eigenvalue weighted by molar-refractivity contribution is 0.0961. The summed E-state index contributed by atoms with van der Waals surface area (Å²) >= 11 is 0. The lowest BCUT2D eigenvalue weighted by Crippen LogP contribution is -2.13. The van der Waals surface area contributed by atoms with Crippen molar-refractivity contribution in [1.82, 2.24) is 20.2 Å². The molecule has 3 rings (SSSR count). The van der Waals surface area contributed by atoms with E-state index in [-0.39, 0.29) is 18.1 Å². The first kappa shape index (κ1) is 14.0. The molecule has 0 unspecified atom stereocenters. The van der Waals surface area contributed by atoms with Crippen molar-refractivity contribution in [1.29, 1.82) is 0 Å². The first-order valence-corrected chi connectivity index (χ1v) is 6.44. The fourth-order valence-electron chi connectivity index (χ4n) is 1.88. The van der Waals surface area contributed by atoms with E-state index in [1.54, 1.807) is 0 Å². The number of hydrogen-bond donors (Lipinski definition) is 0. The molecule has 5 nitrogen and oxygen atoms in total. The van der Waals surface area contributed by atoms with Crippen LogP contribution in [0.4, 0.5) is 8.78 Å². The van der Waals surface area contributed by atoms with Crippen LogP contribution in [0.3, 0.4) is 0 Å². The van der Waals surface area contributed by atoms with E-state index in [0.29, 0.717) is 17.0 Å². The van der Waals surface area contributed by atoms with Crippen LogP contribution in [0, 0.1) is 11.6 Å². The number of carbonyl (C=O) groups is 1. The Labute approximate surface area is 124 Å². The van der Waals surface area contributed by atoms with Gasteiger partial charge in [-0.1, -0.05) is 0 Å². The summed E-state index contributed by atoms with van der Waals surface area (Å²) in [5, 5.41) is 11.7. The van der Waals surface area contributed by atoms with Gasteiger partial charge in [-0.2, -0.15) is 4.80 Å². The van der Waals surface area contributed by atoms with Crippen LogP contribution in [0.1, 0.15) is 10.4 Å². The molecule has 110 valence electrons. The zero-order valence-electron chi connectivity index (χ0n) is 11.3. The van der Waals surface area contributed by atoms with E-state index in [4.69, 9.17) is 0 Å². The van der Waals surface area contributed by atoms with E-state index >= 15 is 0 Å². The van der Waals surface area contributed by atoms with E-state index in [1.165, 1.54) is 48.5 Å². The van der Waals surface area contributed by atoms with Crippen LogP contribution in [0.25, 0.3) is 11.4 Å². The first-order valence-electron chi connectivity index (χ1n) is 6.44. The number of nitrogens with zero attached hydrogens (tertiary/aromatic N) is 4. The average Bonchev–Trinajstić information content (AvgIpc) is 2.97. The van der Waals surface area contributed by atoms with Crippen molar-refractivity contribution in [2.75, 3.05) is 0 Å². The summed E-state index contributed by atoms with van der Waals surface area (Å²) in [6.07, 6.45) is 0. The SMILES string of the molecule is O=C(Cn1nnc(-c2ccc(F)cc2)n1)c1ccc(F)cc1. The normalized spacial score (nSPS) is 10.6. The molecule has 0 saturated heterocycles. The van der Waals surface area contributed by atoms with Crippen LogP contribution in [0.2, 0.25) is 0 Å². The number of rotatable bonds is 4. The predicted molar refractivity (Wildman–Crippen MR) is 73.9 cm³/mol. The third-order valence-corrected chi connectivity index (χ3v) is 3.01. The van der Waals surface area contributed by atoms with Gasteiger partial charge in [0.2, 0.25) is 5.82 Å². The van der Waals surface area contributed by atoms with E-state index < -0.39 is 5.82 Å². The van der Waals surface area contributed by atoms with Crippen molar-refractivity contribution in [3.8, 4) is 11.4 Å². The third-order valence-electron chi connectivity index (χ3n) is 3.01. The zero-order valence-corrected chi connectivity index (χ0v) is 11.3. The second kappa shape index (κ2) is 5.80. The molecule has 0 radical (unpaired) electrons. The van der Waals surface area contributed by atoms with Crippen molar-refractivity contribution in [3.63, 3.8) is 0 Å². The molecule has 0 amide bonds. The Morgan fingerprint density at radius 3 is 2.18 bits per heavy atom. The zero-order chi connectivity index (χ0) is 15.5. The fourth-order valence-corrected chi connectivity index (χ4v) is 1.88. The van der Waals surface area contributed by atoms with Crippen LogP contribution in [0.15, 0.2) is 48.5 Å². The Morgan fingerprint density at radius 2 is 1.55 bits per heavy atom. The minimum atomic E-state index is -0.408. The summed E-state index contributed by atoms with van der Waals surface area (Å²) in [6.45, 7) is -0.111. The summed E-state index contributed by atoms with van der Waals surface area (Å²) in [7, 11) is 0. The van der Waals surface area contributed by atoms with Gasteiger partial charge in [0.15, 0.2) is 5.78 Å². The van der Waals surface area contributed by atoms with Crippen molar-refractivity contribution in [3.05, 3.63) is 65.7 Å². The number of halogens is 2. The highest BCUT2D eigenvalue weighted by Crippen LogP contribution is 2.14. The molecule has 0 fully saturated rings. The van der Waals surface area contributed by atoms with E-state index in [0.717, 1.165) is 4.80 Å². The maximum atomic E-state index is 12.9. The molecule has 0 aliphatic carbocycles. The van der Waals surface area contributed by atoms with Gasteiger partial charge < -0.3 is 0 Å². The van der Waals surface area contributed by atoms with Crippen LogP contribution >= 0.6 is 0 Å². The van der Waals surface area contributed by atoms with Crippen LogP contribution in [-0.4, -0.2) is 26.0 Å². The molecular formula is C15H10F2N4O. The number of Topliss-reactive ketones (excluding diaryl/α,β-unsaturated/α-hetero) is 1. The molecule has 3 aromatic rings. The number of benzene rings is 2. The molecule has 0 bridgehead atoms. The van der Waals surface area contributed by atoms with Crippen molar-refractivity contribution >= 4 is 5.78 Å². The number of carbonyl (C=O) groups excluding carboxylic acids is 1. The second-order valence-electron chi connectivity index (χ2n) is 4.58. The predicted octanol–water partition coefficient (Wildman–Crippen LogP) is 2.50. The van der Waals surface area contributed by atoms with Gasteiger partial charge in [0, 0.05) is 11.1 Å². The highest BCUT2D eigenvalue weighted by Gasteiger charge is 2.11. The summed E-state index contributed by atoms with van der Waals surface area (Å²) in [5.74, 6) is -0.730. The summed E-state index contributed by atoms with van der Waals surface area (Å²) < 4.78 is 25.7. The summed E-state index contributed by atoms with van der Waals surface area (Å²) in [6, 6.07) is 10.9. The molecule has 0 spiro atoms. The molecule has 0 saturated carbocycles. The maximum Gasteiger partial charge on any atom is 0.204 e. The summed E-state index contributed by atoms with van der Waals surface area (Å²) in [4.78, 5) is 13.2. The van der Waals surface area contributed by atoms with Gasteiger partial charge in [0.05, 0.1) is 0 Å². The van der Waals surface area contributed by atoms with E-state index in [1.807, 2.05) is 0 Å². The molecule has 2 aromatic carbocycles. The smallest absolute Gasteiger partial charge is 0.204 e.